The number of carbonyl (C=O) groups excluding carboxylic acids is 2. The summed E-state index contributed by atoms with van der Waals surface area (Å²) in [7, 11) is 3.08. The van der Waals surface area contributed by atoms with Gasteiger partial charge in [-0.25, -0.2) is 9.37 Å². The van der Waals surface area contributed by atoms with Gasteiger partial charge in [-0.05, 0) is 50.2 Å². The molecule has 8 nitrogen and oxygen atoms in total. The molecule has 4 rings (SSSR count). The van der Waals surface area contributed by atoms with Gasteiger partial charge >= 0.3 is 0 Å². The van der Waals surface area contributed by atoms with Gasteiger partial charge in [0.15, 0.2) is 11.5 Å². The average molecular weight is 551 g/mol. The zero-order valence-corrected chi connectivity index (χ0v) is 22.7. The molecule has 10 heteroatoms. The number of rotatable bonds is 9. The van der Waals surface area contributed by atoms with Gasteiger partial charge in [0.05, 0.1) is 31.2 Å². The Labute approximate surface area is 230 Å². The van der Waals surface area contributed by atoms with Crippen LogP contribution in [0.3, 0.4) is 0 Å². The van der Waals surface area contributed by atoms with Crippen LogP contribution >= 0.6 is 11.6 Å². The largest absolute Gasteiger partial charge is 0.493 e. The lowest BCUT2D eigenvalue weighted by Gasteiger charge is -2.26. The van der Waals surface area contributed by atoms with Crippen molar-refractivity contribution >= 4 is 29.4 Å². The molecular weight excluding hydrogens is 523 g/mol. The maximum absolute atomic E-state index is 14.3. The van der Waals surface area contributed by atoms with E-state index in [9.17, 15) is 14.0 Å². The number of nitrogens with zero attached hydrogens (tertiary/aromatic N) is 3. The van der Waals surface area contributed by atoms with Gasteiger partial charge in [-0.15, -0.1) is 0 Å². The Hall–Kier alpha value is -4.37. The number of nitrogens with one attached hydrogen (secondary N) is 1. The van der Waals surface area contributed by atoms with E-state index in [2.05, 4.69) is 10.3 Å². The van der Waals surface area contributed by atoms with E-state index >= 15 is 0 Å². The molecule has 0 radical (unpaired) electrons. The van der Waals surface area contributed by atoms with Crippen molar-refractivity contribution in [3.63, 3.8) is 0 Å². The minimum Gasteiger partial charge on any atom is -0.493 e. The predicted molar refractivity (Wildman–Crippen MR) is 148 cm³/mol. The zero-order chi connectivity index (χ0) is 28.1. The summed E-state index contributed by atoms with van der Waals surface area (Å²) in [5.74, 6) is -0.462. The molecule has 1 N–H and O–H groups in total. The highest BCUT2D eigenvalue weighted by Crippen LogP contribution is 2.32. The molecule has 1 aromatic heterocycles. The lowest BCUT2D eigenvalue weighted by molar-refractivity contribution is -0.117. The Balaban J connectivity index is 1.67. The van der Waals surface area contributed by atoms with Crippen molar-refractivity contribution in [2.45, 2.75) is 19.9 Å². The molecular formula is C29H28ClFN4O4. The molecule has 202 valence electrons. The molecule has 4 aromatic rings. The highest BCUT2D eigenvalue weighted by molar-refractivity contribution is 6.30. The van der Waals surface area contributed by atoms with E-state index in [-0.39, 0.29) is 24.1 Å². The minimum absolute atomic E-state index is 0.101. The van der Waals surface area contributed by atoms with E-state index in [1.165, 1.54) is 30.2 Å². The van der Waals surface area contributed by atoms with E-state index in [1.807, 2.05) is 12.1 Å². The standard InChI is InChI=1S/C29H28ClFN4O4/c1-18(2)34(28(37)22-7-5-6-8-23(22)31)17-27(36)33-29-32-24(19-9-11-20(30)12-10-19)16-35(29)21-13-14-25(38-3)26(15-21)39-4/h5-16,18H,17H2,1-4H3,(H,32,33,36). The van der Waals surface area contributed by atoms with Gasteiger partial charge in [0, 0.05) is 28.9 Å². The Bertz CT molecular complexity index is 1490. The van der Waals surface area contributed by atoms with Crippen molar-refractivity contribution in [3.8, 4) is 28.4 Å². The van der Waals surface area contributed by atoms with Crippen LogP contribution in [0.25, 0.3) is 16.9 Å². The van der Waals surface area contributed by atoms with Gasteiger partial charge in [0.25, 0.3) is 5.91 Å². The first kappa shape index (κ1) is 27.7. The Morgan fingerprint density at radius 2 is 1.72 bits per heavy atom. The van der Waals surface area contributed by atoms with Crippen molar-refractivity contribution in [1.82, 2.24) is 14.5 Å². The van der Waals surface area contributed by atoms with Crippen LogP contribution in [0.1, 0.15) is 24.2 Å². The number of carbonyl (C=O) groups is 2. The van der Waals surface area contributed by atoms with Gasteiger partial charge in [-0.2, -0.15) is 0 Å². The number of imidazole rings is 1. The first-order valence-corrected chi connectivity index (χ1v) is 12.5. The smallest absolute Gasteiger partial charge is 0.257 e. The molecule has 0 aliphatic carbocycles. The number of aromatic nitrogens is 2. The van der Waals surface area contributed by atoms with Gasteiger partial charge in [-0.1, -0.05) is 35.9 Å². The van der Waals surface area contributed by atoms with Crippen LogP contribution in [0.4, 0.5) is 10.3 Å². The number of halogens is 2. The fourth-order valence-corrected chi connectivity index (χ4v) is 4.12. The molecule has 2 amide bonds. The molecule has 0 fully saturated rings. The van der Waals surface area contributed by atoms with Crippen LogP contribution in [-0.4, -0.2) is 53.1 Å². The van der Waals surface area contributed by atoms with Crippen molar-refractivity contribution in [1.29, 1.82) is 0 Å². The minimum atomic E-state index is -0.648. The maximum Gasteiger partial charge on any atom is 0.257 e. The summed E-state index contributed by atoms with van der Waals surface area (Å²) in [6.07, 6.45) is 1.77. The first-order valence-electron chi connectivity index (χ1n) is 12.1. The van der Waals surface area contributed by atoms with Gasteiger partial charge < -0.3 is 14.4 Å². The number of amides is 2. The van der Waals surface area contributed by atoms with Crippen molar-refractivity contribution in [2.75, 3.05) is 26.1 Å². The summed E-state index contributed by atoms with van der Waals surface area (Å²) in [5, 5.41) is 3.39. The number of benzene rings is 3. The van der Waals surface area contributed by atoms with E-state index in [1.54, 1.807) is 68.1 Å². The van der Waals surface area contributed by atoms with Gasteiger partial charge in [-0.3, -0.25) is 19.5 Å². The molecule has 0 spiro atoms. The molecule has 39 heavy (non-hydrogen) atoms. The normalized spacial score (nSPS) is 10.8. The molecule has 0 unspecified atom stereocenters. The maximum atomic E-state index is 14.3. The lowest BCUT2D eigenvalue weighted by atomic mass is 10.1. The van der Waals surface area contributed by atoms with Gasteiger partial charge in [0.2, 0.25) is 11.9 Å². The molecule has 0 bridgehead atoms. The second-order valence-corrected chi connectivity index (χ2v) is 9.36. The molecule has 0 saturated heterocycles. The Morgan fingerprint density at radius 3 is 2.36 bits per heavy atom. The number of hydrogen-bond acceptors (Lipinski definition) is 5. The average Bonchev–Trinajstić information content (AvgIpc) is 3.34. The second-order valence-electron chi connectivity index (χ2n) is 8.92. The summed E-state index contributed by atoms with van der Waals surface area (Å²) in [4.78, 5) is 32.3. The summed E-state index contributed by atoms with van der Waals surface area (Å²) in [6, 6.07) is 17.8. The molecule has 0 atom stereocenters. The number of hydrogen-bond donors (Lipinski definition) is 1. The highest BCUT2D eigenvalue weighted by Gasteiger charge is 2.25. The summed E-state index contributed by atoms with van der Waals surface area (Å²) in [5.41, 5.74) is 1.92. The van der Waals surface area contributed by atoms with Gasteiger partial charge in [0.1, 0.15) is 12.4 Å². The number of anilines is 1. The fraction of sp³-hybridized carbons (Fsp3) is 0.207. The quantitative estimate of drug-likeness (QED) is 0.283. The molecule has 0 aliphatic rings. The SMILES string of the molecule is COc1ccc(-n2cc(-c3ccc(Cl)cc3)nc2NC(=O)CN(C(=O)c2ccccc2F)C(C)C)cc1OC. The lowest BCUT2D eigenvalue weighted by Crippen LogP contribution is -2.42. The van der Waals surface area contributed by atoms with Crippen molar-refractivity contribution in [3.05, 3.63) is 89.3 Å². The fourth-order valence-electron chi connectivity index (χ4n) is 4.00. The van der Waals surface area contributed by atoms with Crippen LogP contribution in [0.5, 0.6) is 11.5 Å². The third-order valence-corrected chi connectivity index (χ3v) is 6.30. The summed E-state index contributed by atoms with van der Waals surface area (Å²) in [6.45, 7) is 3.21. The topological polar surface area (TPSA) is 85.7 Å². The molecule has 1 heterocycles. The zero-order valence-electron chi connectivity index (χ0n) is 21.9. The number of ether oxygens (including phenoxy) is 2. The first-order chi connectivity index (χ1) is 18.7. The predicted octanol–water partition coefficient (Wildman–Crippen LogP) is 5.84. The summed E-state index contributed by atoms with van der Waals surface area (Å²) >= 11 is 6.05. The second kappa shape index (κ2) is 12.0. The number of methoxy groups -OCH3 is 2. The van der Waals surface area contributed by atoms with Crippen LogP contribution in [0, 0.1) is 5.82 Å². The molecule has 0 aliphatic heterocycles. The Morgan fingerprint density at radius 1 is 1.03 bits per heavy atom. The summed E-state index contributed by atoms with van der Waals surface area (Å²) < 4.78 is 26.8. The molecule has 3 aromatic carbocycles. The van der Waals surface area contributed by atoms with Crippen LogP contribution < -0.4 is 14.8 Å². The van der Waals surface area contributed by atoms with E-state index in [0.29, 0.717) is 27.9 Å². The van der Waals surface area contributed by atoms with E-state index in [4.69, 9.17) is 21.1 Å². The van der Waals surface area contributed by atoms with Crippen LogP contribution in [0.2, 0.25) is 5.02 Å². The van der Waals surface area contributed by atoms with E-state index < -0.39 is 17.6 Å². The van der Waals surface area contributed by atoms with E-state index in [0.717, 1.165) is 5.56 Å². The molecule has 0 saturated carbocycles. The van der Waals surface area contributed by atoms with Crippen molar-refractivity contribution < 1.29 is 23.5 Å². The van der Waals surface area contributed by atoms with Crippen LogP contribution in [-0.2, 0) is 4.79 Å². The third-order valence-electron chi connectivity index (χ3n) is 6.04. The Kier molecular flexibility index (Phi) is 8.51. The van der Waals surface area contributed by atoms with Crippen molar-refractivity contribution in [2.24, 2.45) is 0 Å². The third kappa shape index (κ3) is 6.21. The van der Waals surface area contributed by atoms with Crippen LogP contribution in [0.15, 0.2) is 72.9 Å². The monoisotopic (exact) mass is 550 g/mol. The highest BCUT2D eigenvalue weighted by atomic mass is 35.5.